The Hall–Kier alpha value is -4.34. The Morgan fingerprint density at radius 3 is 2.39 bits per heavy atom. The zero-order valence-electron chi connectivity index (χ0n) is 20.8. The Kier molecular flexibility index (Phi) is 7.70. The Labute approximate surface area is 217 Å². The summed E-state index contributed by atoms with van der Waals surface area (Å²) in [5, 5.41) is 13.9. The first-order valence-electron chi connectivity index (χ1n) is 11.9. The van der Waals surface area contributed by atoms with Gasteiger partial charge in [-0.2, -0.15) is 18.3 Å². The van der Waals surface area contributed by atoms with Gasteiger partial charge in [0.2, 0.25) is 0 Å². The van der Waals surface area contributed by atoms with Crippen LogP contribution in [-0.4, -0.2) is 38.0 Å². The molecule has 0 aliphatic rings. The fraction of sp³-hybridized carbons (Fsp3) is 0.250. The van der Waals surface area contributed by atoms with E-state index >= 15 is 0 Å². The molecule has 1 N–H and O–H groups in total. The van der Waals surface area contributed by atoms with Crippen LogP contribution in [0.15, 0.2) is 79.1 Å². The number of carboxylic acids is 1. The van der Waals surface area contributed by atoms with Crippen molar-refractivity contribution in [2.24, 2.45) is 0 Å². The van der Waals surface area contributed by atoms with Crippen molar-refractivity contribution in [3.63, 3.8) is 0 Å². The fourth-order valence-electron chi connectivity index (χ4n) is 3.66. The van der Waals surface area contributed by atoms with Gasteiger partial charge < -0.3 is 14.6 Å². The molecule has 7 nitrogen and oxygen atoms in total. The van der Waals surface area contributed by atoms with Gasteiger partial charge in [0.15, 0.2) is 11.4 Å². The summed E-state index contributed by atoms with van der Waals surface area (Å²) in [5.74, 6) is 0.118. The second-order valence-electron chi connectivity index (χ2n) is 9.06. The van der Waals surface area contributed by atoms with Crippen molar-refractivity contribution in [3.8, 4) is 28.6 Å². The molecular formula is C28H26F3N3O4. The third-order valence-electron chi connectivity index (χ3n) is 5.70. The first-order chi connectivity index (χ1) is 18.0. The molecule has 0 unspecified atom stereocenters. The highest BCUT2D eigenvalue weighted by Gasteiger charge is 2.31. The summed E-state index contributed by atoms with van der Waals surface area (Å²) in [6.45, 7) is 3.30. The molecule has 0 aliphatic heterocycles. The van der Waals surface area contributed by atoms with E-state index in [0.717, 1.165) is 23.4 Å². The molecule has 0 saturated heterocycles. The molecule has 0 radical (unpaired) electrons. The minimum absolute atomic E-state index is 0.277. The van der Waals surface area contributed by atoms with E-state index in [1.165, 1.54) is 24.6 Å². The van der Waals surface area contributed by atoms with E-state index in [9.17, 15) is 23.1 Å². The number of alkyl halides is 3. The number of pyridine rings is 1. The summed E-state index contributed by atoms with van der Waals surface area (Å²) in [6.07, 6.45) is -0.693. The SMILES string of the molecule is CC(C)(Oc1cccc(OCCCc2cn(-c3ccc(C(F)(F)F)cn3)nc2-c2ccccc2)c1)C(=O)O. The number of benzene rings is 2. The summed E-state index contributed by atoms with van der Waals surface area (Å²) < 4.78 is 51.7. The third-order valence-corrected chi connectivity index (χ3v) is 5.70. The Morgan fingerprint density at radius 1 is 1.00 bits per heavy atom. The van der Waals surface area contributed by atoms with Crippen LogP contribution in [-0.2, 0) is 17.4 Å². The predicted octanol–water partition coefficient (Wildman–Crippen LogP) is 6.21. The molecule has 0 saturated carbocycles. The molecule has 2 heterocycles. The van der Waals surface area contributed by atoms with E-state index < -0.39 is 23.3 Å². The van der Waals surface area contributed by atoms with Crippen molar-refractivity contribution in [1.29, 1.82) is 0 Å². The van der Waals surface area contributed by atoms with E-state index in [0.29, 0.717) is 36.6 Å². The molecule has 2 aromatic carbocycles. The van der Waals surface area contributed by atoms with Crippen LogP contribution in [0.2, 0.25) is 0 Å². The number of rotatable bonds is 10. The Balaban J connectivity index is 1.46. The number of carboxylic acid groups (broad SMARTS) is 1. The van der Waals surface area contributed by atoms with Crippen molar-refractivity contribution in [3.05, 3.63) is 90.3 Å². The minimum Gasteiger partial charge on any atom is -0.493 e. The summed E-state index contributed by atoms with van der Waals surface area (Å²) in [4.78, 5) is 15.3. The molecule has 0 amide bonds. The van der Waals surface area contributed by atoms with Crippen LogP contribution in [0.5, 0.6) is 11.5 Å². The molecule has 10 heteroatoms. The van der Waals surface area contributed by atoms with Gasteiger partial charge in [0.25, 0.3) is 0 Å². The third kappa shape index (κ3) is 6.50. The maximum Gasteiger partial charge on any atom is 0.417 e. The number of hydrogen-bond donors (Lipinski definition) is 1. The largest absolute Gasteiger partial charge is 0.493 e. The highest BCUT2D eigenvalue weighted by atomic mass is 19.4. The van der Waals surface area contributed by atoms with Gasteiger partial charge >= 0.3 is 12.1 Å². The van der Waals surface area contributed by atoms with Gasteiger partial charge in [0, 0.05) is 24.0 Å². The maximum atomic E-state index is 12.9. The number of aliphatic carboxylic acids is 1. The lowest BCUT2D eigenvalue weighted by Gasteiger charge is -2.21. The molecule has 2 aromatic heterocycles. The molecule has 38 heavy (non-hydrogen) atoms. The average molecular weight is 526 g/mol. The van der Waals surface area contributed by atoms with Crippen molar-refractivity contribution < 1.29 is 32.5 Å². The van der Waals surface area contributed by atoms with Crippen molar-refractivity contribution in [2.45, 2.75) is 38.5 Å². The Morgan fingerprint density at radius 2 is 1.74 bits per heavy atom. The quantitative estimate of drug-likeness (QED) is 0.248. The van der Waals surface area contributed by atoms with E-state index in [2.05, 4.69) is 10.1 Å². The number of aryl methyl sites for hydroxylation is 1. The summed E-state index contributed by atoms with van der Waals surface area (Å²) in [5.41, 5.74) is 0.268. The zero-order chi connectivity index (χ0) is 27.3. The van der Waals surface area contributed by atoms with Crippen LogP contribution in [0.3, 0.4) is 0 Å². The van der Waals surface area contributed by atoms with Crippen LogP contribution >= 0.6 is 0 Å². The molecule has 4 aromatic rings. The van der Waals surface area contributed by atoms with Crippen LogP contribution < -0.4 is 9.47 Å². The second kappa shape index (κ2) is 11.0. The van der Waals surface area contributed by atoms with Gasteiger partial charge in [-0.3, -0.25) is 0 Å². The van der Waals surface area contributed by atoms with Crippen molar-refractivity contribution in [1.82, 2.24) is 14.8 Å². The highest BCUT2D eigenvalue weighted by Crippen LogP contribution is 2.30. The topological polar surface area (TPSA) is 86.5 Å². The van der Waals surface area contributed by atoms with Crippen LogP contribution in [0.1, 0.15) is 31.4 Å². The van der Waals surface area contributed by atoms with Crippen LogP contribution in [0.4, 0.5) is 13.2 Å². The number of carbonyl (C=O) groups is 1. The van der Waals surface area contributed by atoms with Gasteiger partial charge in [-0.05, 0) is 56.5 Å². The number of hydrogen-bond acceptors (Lipinski definition) is 5. The predicted molar refractivity (Wildman–Crippen MR) is 134 cm³/mol. The lowest BCUT2D eigenvalue weighted by atomic mass is 10.1. The van der Waals surface area contributed by atoms with E-state index in [1.54, 1.807) is 30.5 Å². The first-order valence-corrected chi connectivity index (χ1v) is 11.9. The average Bonchev–Trinajstić information content (AvgIpc) is 3.31. The van der Waals surface area contributed by atoms with Crippen LogP contribution in [0, 0.1) is 0 Å². The summed E-state index contributed by atoms with van der Waals surface area (Å²) in [7, 11) is 0. The number of ether oxygens (including phenoxy) is 2. The van der Waals surface area contributed by atoms with Gasteiger partial charge in [0.05, 0.1) is 17.9 Å². The lowest BCUT2D eigenvalue weighted by Crippen LogP contribution is -2.37. The summed E-state index contributed by atoms with van der Waals surface area (Å²) >= 11 is 0. The fourth-order valence-corrected chi connectivity index (χ4v) is 3.66. The minimum atomic E-state index is -4.46. The van der Waals surface area contributed by atoms with Crippen molar-refractivity contribution in [2.75, 3.05) is 6.61 Å². The first kappa shape index (κ1) is 26.7. The number of aromatic nitrogens is 3. The smallest absolute Gasteiger partial charge is 0.417 e. The molecule has 0 fully saturated rings. The molecule has 198 valence electrons. The molecule has 0 bridgehead atoms. The number of nitrogens with zero attached hydrogens (tertiary/aromatic N) is 3. The van der Waals surface area contributed by atoms with Gasteiger partial charge in [-0.1, -0.05) is 36.4 Å². The molecule has 0 spiro atoms. The monoisotopic (exact) mass is 525 g/mol. The standard InChI is InChI=1S/C28H26F3N3O4/c1-27(2,26(35)36)38-23-12-6-11-22(16-23)37-15-7-10-20-18-34(33-25(20)19-8-4-3-5-9-19)24-14-13-21(17-32-24)28(29,30)31/h3-6,8-9,11-14,16-18H,7,10,15H2,1-2H3,(H,35,36). The van der Waals surface area contributed by atoms with Gasteiger partial charge in [-0.15, -0.1) is 0 Å². The molecule has 4 rings (SSSR count). The van der Waals surface area contributed by atoms with E-state index in [-0.39, 0.29) is 5.82 Å². The maximum absolute atomic E-state index is 12.9. The molecular weight excluding hydrogens is 499 g/mol. The second-order valence-corrected chi connectivity index (χ2v) is 9.06. The van der Waals surface area contributed by atoms with Gasteiger partial charge in [-0.25, -0.2) is 14.5 Å². The lowest BCUT2D eigenvalue weighted by molar-refractivity contribution is -0.152. The van der Waals surface area contributed by atoms with E-state index in [4.69, 9.17) is 9.47 Å². The summed E-state index contributed by atoms with van der Waals surface area (Å²) in [6, 6.07) is 18.5. The van der Waals surface area contributed by atoms with Crippen molar-refractivity contribution >= 4 is 5.97 Å². The number of halogens is 3. The van der Waals surface area contributed by atoms with Crippen LogP contribution in [0.25, 0.3) is 17.1 Å². The normalized spacial score (nSPS) is 11.8. The Bertz CT molecular complexity index is 1380. The van der Waals surface area contributed by atoms with Gasteiger partial charge in [0.1, 0.15) is 11.5 Å². The zero-order valence-corrected chi connectivity index (χ0v) is 20.8. The molecule has 0 atom stereocenters. The van der Waals surface area contributed by atoms with E-state index in [1.807, 2.05) is 30.3 Å². The molecule has 0 aliphatic carbocycles. The highest BCUT2D eigenvalue weighted by molar-refractivity contribution is 5.76.